The van der Waals surface area contributed by atoms with Crippen molar-refractivity contribution in [3.63, 3.8) is 0 Å². The summed E-state index contributed by atoms with van der Waals surface area (Å²) in [6.07, 6.45) is -0.00171. The minimum Gasteiger partial charge on any atom is -0.496 e. The van der Waals surface area contributed by atoms with Gasteiger partial charge in [0.1, 0.15) is 5.75 Å². The van der Waals surface area contributed by atoms with Gasteiger partial charge in [-0.05, 0) is 37.6 Å². The number of ether oxygens (including phenoxy) is 1. The number of nitrogens with zero attached hydrogens (tertiary/aromatic N) is 2. The number of aryl methyl sites for hydroxylation is 2. The molecule has 0 saturated carbocycles. The Morgan fingerprint density at radius 3 is 2.82 bits per heavy atom. The van der Waals surface area contributed by atoms with Crippen LogP contribution >= 0.6 is 11.3 Å². The molecule has 1 N–H and O–H groups in total. The fourth-order valence-electron chi connectivity index (χ4n) is 2.64. The molecule has 0 saturated heterocycles. The summed E-state index contributed by atoms with van der Waals surface area (Å²) in [7, 11) is 1.65. The molecule has 0 aliphatic rings. The highest BCUT2D eigenvalue weighted by Crippen LogP contribution is 2.30. The first kappa shape index (κ1) is 14.6. The minimum absolute atomic E-state index is 0.00171. The number of thiazole rings is 1. The van der Waals surface area contributed by atoms with Crippen molar-refractivity contribution < 1.29 is 14.6 Å². The van der Waals surface area contributed by atoms with E-state index in [9.17, 15) is 4.79 Å². The topological polar surface area (TPSA) is 63.8 Å². The molecular weight excluding hydrogens is 300 g/mol. The van der Waals surface area contributed by atoms with E-state index in [1.54, 1.807) is 7.11 Å². The second-order valence-electron chi connectivity index (χ2n) is 5.15. The zero-order chi connectivity index (χ0) is 15.9. The van der Waals surface area contributed by atoms with E-state index in [1.165, 1.54) is 11.3 Å². The van der Waals surface area contributed by atoms with E-state index in [-0.39, 0.29) is 6.42 Å². The summed E-state index contributed by atoms with van der Waals surface area (Å²) in [5.74, 6) is 0.00336. The minimum atomic E-state index is -0.838. The maximum atomic E-state index is 11.0. The molecule has 114 valence electrons. The smallest absolute Gasteiger partial charge is 0.309 e. The van der Waals surface area contributed by atoms with Gasteiger partial charge in [0.05, 0.1) is 19.2 Å². The maximum Gasteiger partial charge on any atom is 0.309 e. The van der Waals surface area contributed by atoms with Crippen LogP contribution in [0, 0.1) is 13.8 Å². The molecule has 22 heavy (non-hydrogen) atoms. The lowest BCUT2D eigenvalue weighted by Gasteiger charge is -2.07. The van der Waals surface area contributed by atoms with Crippen molar-refractivity contribution in [3.8, 4) is 17.0 Å². The second kappa shape index (κ2) is 5.46. The first-order valence-corrected chi connectivity index (χ1v) is 7.71. The summed E-state index contributed by atoms with van der Waals surface area (Å²) in [5, 5.41) is 10.9. The van der Waals surface area contributed by atoms with Crippen molar-refractivity contribution in [2.75, 3.05) is 7.11 Å². The number of fused-ring (bicyclic) bond motifs is 1. The normalized spacial score (nSPS) is 11.0. The summed E-state index contributed by atoms with van der Waals surface area (Å²) in [6.45, 7) is 3.96. The molecular formula is C16H16N2O3S. The van der Waals surface area contributed by atoms with Crippen molar-refractivity contribution >= 4 is 22.3 Å². The van der Waals surface area contributed by atoms with Crippen molar-refractivity contribution in [1.29, 1.82) is 0 Å². The van der Waals surface area contributed by atoms with E-state index >= 15 is 0 Å². The van der Waals surface area contributed by atoms with Crippen LogP contribution < -0.4 is 4.74 Å². The van der Waals surface area contributed by atoms with E-state index in [0.29, 0.717) is 0 Å². The molecule has 0 unspecified atom stereocenters. The Morgan fingerprint density at radius 2 is 2.18 bits per heavy atom. The highest BCUT2D eigenvalue weighted by molar-refractivity contribution is 7.15. The number of imidazole rings is 1. The standard InChI is InChI=1S/C16H16N2O3S/c1-9-6-11(4-5-13(9)21-3)15-10(2)18-12(7-14(19)20)8-22-16(18)17-15/h4-6,8H,7H2,1-3H3,(H,19,20). The number of aliphatic carboxylic acids is 1. The Labute approximate surface area is 131 Å². The maximum absolute atomic E-state index is 11.0. The van der Waals surface area contributed by atoms with Crippen LogP contribution in [0.15, 0.2) is 23.6 Å². The van der Waals surface area contributed by atoms with Crippen LogP contribution in [0.5, 0.6) is 5.75 Å². The molecule has 5 nitrogen and oxygen atoms in total. The quantitative estimate of drug-likeness (QED) is 0.802. The zero-order valence-electron chi connectivity index (χ0n) is 12.6. The van der Waals surface area contributed by atoms with E-state index in [1.807, 2.05) is 41.8 Å². The predicted octanol–water partition coefficient (Wildman–Crippen LogP) is 3.32. The first-order chi connectivity index (χ1) is 10.5. The van der Waals surface area contributed by atoms with Crippen LogP contribution in [0.4, 0.5) is 0 Å². The third-order valence-electron chi connectivity index (χ3n) is 3.67. The Bertz CT molecular complexity index is 864. The van der Waals surface area contributed by atoms with Gasteiger partial charge >= 0.3 is 5.97 Å². The van der Waals surface area contributed by atoms with Crippen LogP contribution in [0.3, 0.4) is 0 Å². The van der Waals surface area contributed by atoms with Crippen LogP contribution in [-0.4, -0.2) is 27.6 Å². The average Bonchev–Trinajstić information content (AvgIpc) is 3.00. The summed E-state index contributed by atoms with van der Waals surface area (Å²) in [5.41, 5.74) is 4.64. The van der Waals surface area contributed by atoms with Gasteiger partial charge in [0.25, 0.3) is 0 Å². The lowest BCUT2D eigenvalue weighted by molar-refractivity contribution is -0.136. The Balaban J connectivity index is 2.12. The van der Waals surface area contributed by atoms with Gasteiger partial charge in [-0.15, -0.1) is 11.3 Å². The van der Waals surface area contributed by atoms with E-state index < -0.39 is 5.97 Å². The third-order valence-corrected chi connectivity index (χ3v) is 4.54. The van der Waals surface area contributed by atoms with Crippen LogP contribution in [-0.2, 0) is 11.2 Å². The molecule has 0 radical (unpaired) electrons. The molecule has 0 bridgehead atoms. The summed E-state index contributed by atoms with van der Waals surface area (Å²) in [4.78, 5) is 16.4. The molecule has 1 aromatic carbocycles. The Kier molecular flexibility index (Phi) is 3.62. The number of rotatable bonds is 4. The van der Waals surface area contributed by atoms with Gasteiger partial charge in [0.15, 0.2) is 4.96 Å². The van der Waals surface area contributed by atoms with Gasteiger partial charge in [-0.1, -0.05) is 0 Å². The molecule has 3 rings (SSSR count). The van der Waals surface area contributed by atoms with Crippen molar-refractivity contribution in [2.45, 2.75) is 20.3 Å². The number of benzene rings is 1. The summed E-state index contributed by atoms with van der Waals surface area (Å²) in [6, 6.07) is 5.94. The SMILES string of the molecule is COc1ccc(-c2nc3scc(CC(=O)O)n3c2C)cc1C. The lowest BCUT2D eigenvalue weighted by Crippen LogP contribution is -2.03. The molecule has 0 amide bonds. The van der Waals surface area contributed by atoms with Crippen molar-refractivity contribution in [2.24, 2.45) is 0 Å². The number of carbonyl (C=O) groups is 1. The Morgan fingerprint density at radius 1 is 1.41 bits per heavy atom. The molecule has 2 heterocycles. The van der Waals surface area contributed by atoms with E-state index in [0.717, 1.165) is 38.9 Å². The van der Waals surface area contributed by atoms with Gasteiger partial charge in [0, 0.05) is 22.3 Å². The molecule has 0 atom stereocenters. The number of hydrogen-bond donors (Lipinski definition) is 1. The second-order valence-corrected chi connectivity index (χ2v) is 5.98. The molecule has 0 spiro atoms. The van der Waals surface area contributed by atoms with Crippen LogP contribution in [0.25, 0.3) is 16.2 Å². The molecule has 0 aliphatic carbocycles. The average molecular weight is 316 g/mol. The largest absolute Gasteiger partial charge is 0.496 e. The third kappa shape index (κ3) is 2.35. The number of aromatic nitrogens is 2. The molecule has 2 aromatic heterocycles. The zero-order valence-corrected chi connectivity index (χ0v) is 13.4. The lowest BCUT2D eigenvalue weighted by atomic mass is 10.1. The highest BCUT2D eigenvalue weighted by Gasteiger charge is 2.16. The molecule has 6 heteroatoms. The fraction of sp³-hybridized carbons (Fsp3) is 0.250. The number of carboxylic acids is 1. The van der Waals surface area contributed by atoms with Gasteiger partial charge < -0.3 is 9.84 Å². The van der Waals surface area contributed by atoms with Gasteiger partial charge in [0.2, 0.25) is 0 Å². The van der Waals surface area contributed by atoms with E-state index in [2.05, 4.69) is 4.98 Å². The van der Waals surface area contributed by atoms with Crippen LogP contribution in [0.2, 0.25) is 0 Å². The molecule has 0 aliphatic heterocycles. The van der Waals surface area contributed by atoms with Crippen molar-refractivity contribution in [3.05, 3.63) is 40.5 Å². The van der Waals surface area contributed by atoms with Crippen molar-refractivity contribution in [1.82, 2.24) is 9.38 Å². The summed E-state index contributed by atoms with van der Waals surface area (Å²) >= 11 is 1.46. The van der Waals surface area contributed by atoms with Gasteiger partial charge in [-0.2, -0.15) is 0 Å². The highest BCUT2D eigenvalue weighted by atomic mass is 32.1. The van der Waals surface area contributed by atoms with Gasteiger partial charge in [-0.3, -0.25) is 9.20 Å². The number of carboxylic acid groups (broad SMARTS) is 1. The van der Waals surface area contributed by atoms with E-state index in [4.69, 9.17) is 9.84 Å². The van der Waals surface area contributed by atoms with Crippen LogP contribution in [0.1, 0.15) is 17.0 Å². The molecule has 3 aromatic rings. The number of hydrogen-bond acceptors (Lipinski definition) is 4. The Hall–Kier alpha value is -2.34. The molecule has 0 fully saturated rings. The predicted molar refractivity (Wildman–Crippen MR) is 85.9 cm³/mol. The number of methoxy groups -OCH3 is 1. The fourth-order valence-corrected chi connectivity index (χ4v) is 3.58. The monoisotopic (exact) mass is 316 g/mol. The van der Waals surface area contributed by atoms with Gasteiger partial charge in [-0.25, -0.2) is 4.98 Å². The first-order valence-electron chi connectivity index (χ1n) is 6.83. The summed E-state index contributed by atoms with van der Waals surface area (Å²) < 4.78 is 7.21.